The number of methoxy groups -OCH3 is 5. The first-order valence-electron chi connectivity index (χ1n) is 12.0. The third kappa shape index (κ3) is 6.59. The molecule has 9 nitrogen and oxygen atoms in total. The van der Waals surface area contributed by atoms with Gasteiger partial charge in [0.1, 0.15) is 11.5 Å². The first-order valence-corrected chi connectivity index (χ1v) is 12.8. The van der Waals surface area contributed by atoms with Crippen molar-refractivity contribution in [2.24, 2.45) is 5.73 Å². The summed E-state index contributed by atoms with van der Waals surface area (Å²) in [6.07, 6.45) is 2.16. The molecule has 0 aliphatic rings. The van der Waals surface area contributed by atoms with E-state index in [9.17, 15) is 4.79 Å². The molecule has 212 valence electrons. The third-order valence-corrected chi connectivity index (χ3v) is 7.07. The lowest BCUT2D eigenvalue weighted by Crippen LogP contribution is -2.37. The van der Waals surface area contributed by atoms with Crippen LogP contribution in [0, 0.1) is 0 Å². The molecular formula is C29H32ClN3O6S. The molecule has 4 rings (SSSR count). The van der Waals surface area contributed by atoms with Gasteiger partial charge in [-0.25, -0.2) is 0 Å². The van der Waals surface area contributed by atoms with Crippen LogP contribution in [0.4, 0.5) is 5.69 Å². The summed E-state index contributed by atoms with van der Waals surface area (Å²) in [4.78, 5) is 13.9. The van der Waals surface area contributed by atoms with E-state index in [4.69, 9.17) is 29.4 Å². The fraction of sp³-hybridized carbons (Fsp3) is 0.241. The Bertz CT molecular complexity index is 1420. The molecule has 0 spiro atoms. The van der Waals surface area contributed by atoms with Crippen molar-refractivity contribution in [2.45, 2.75) is 12.5 Å². The van der Waals surface area contributed by atoms with E-state index in [1.807, 2.05) is 48.5 Å². The van der Waals surface area contributed by atoms with Gasteiger partial charge >= 0.3 is 0 Å². The van der Waals surface area contributed by atoms with Crippen molar-refractivity contribution in [3.63, 3.8) is 0 Å². The van der Waals surface area contributed by atoms with Gasteiger partial charge in [0.15, 0.2) is 11.5 Å². The molecule has 0 aliphatic carbocycles. The van der Waals surface area contributed by atoms with Gasteiger partial charge < -0.3 is 34.7 Å². The summed E-state index contributed by atoms with van der Waals surface area (Å²) < 4.78 is 31.7. The second-order valence-electron chi connectivity index (χ2n) is 8.55. The van der Waals surface area contributed by atoms with Crippen LogP contribution in [0.3, 0.4) is 0 Å². The van der Waals surface area contributed by atoms with Crippen LogP contribution in [0.15, 0.2) is 60.8 Å². The number of carbonyl (C=O) groups excluding carboxylic acids is 1. The molecular weight excluding hydrogens is 554 g/mol. The lowest BCUT2D eigenvalue weighted by atomic mass is 10.0. The smallest absolute Gasteiger partial charge is 0.241 e. The van der Waals surface area contributed by atoms with Gasteiger partial charge in [-0.05, 0) is 65.5 Å². The van der Waals surface area contributed by atoms with E-state index < -0.39 is 6.04 Å². The Morgan fingerprint density at radius 2 is 1.50 bits per heavy atom. The molecule has 11 heteroatoms. The van der Waals surface area contributed by atoms with E-state index in [-0.39, 0.29) is 18.3 Å². The molecule has 0 radical (unpaired) electrons. The molecule has 0 aliphatic heterocycles. The number of hydrogen-bond acceptors (Lipinski definition) is 9. The molecule has 0 saturated heterocycles. The van der Waals surface area contributed by atoms with Crippen molar-refractivity contribution in [1.82, 2.24) is 4.37 Å². The fourth-order valence-electron chi connectivity index (χ4n) is 4.17. The van der Waals surface area contributed by atoms with Crippen LogP contribution in [0.1, 0.15) is 5.56 Å². The van der Waals surface area contributed by atoms with Crippen LogP contribution in [-0.2, 0) is 11.2 Å². The van der Waals surface area contributed by atoms with Crippen molar-refractivity contribution in [1.29, 1.82) is 0 Å². The number of aromatic nitrogens is 1. The highest BCUT2D eigenvalue weighted by Crippen LogP contribution is 2.45. The summed E-state index contributed by atoms with van der Waals surface area (Å²) in [6.45, 7) is 0. The Balaban J connectivity index is 0.00000441. The quantitative estimate of drug-likeness (QED) is 0.239. The number of amides is 1. The molecule has 1 aromatic heterocycles. The summed E-state index contributed by atoms with van der Waals surface area (Å²) in [5.74, 6) is 2.53. The maximum atomic E-state index is 13.0. The monoisotopic (exact) mass is 585 g/mol. The Hall–Kier alpha value is -3.99. The van der Waals surface area contributed by atoms with Gasteiger partial charge in [-0.3, -0.25) is 4.79 Å². The number of nitrogens with one attached hydrogen (secondary N) is 1. The largest absolute Gasteiger partial charge is 0.497 e. The van der Waals surface area contributed by atoms with Crippen LogP contribution in [0.2, 0.25) is 0 Å². The molecule has 40 heavy (non-hydrogen) atoms. The Labute approximate surface area is 243 Å². The zero-order valence-electron chi connectivity index (χ0n) is 22.8. The van der Waals surface area contributed by atoms with Crippen LogP contribution in [-0.4, -0.2) is 51.9 Å². The predicted octanol–water partition coefficient (Wildman–Crippen LogP) is 5.45. The molecule has 1 heterocycles. The number of benzene rings is 3. The topological polar surface area (TPSA) is 114 Å². The van der Waals surface area contributed by atoms with Gasteiger partial charge in [0, 0.05) is 17.3 Å². The van der Waals surface area contributed by atoms with Crippen molar-refractivity contribution in [3.05, 3.63) is 66.4 Å². The number of carbonyl (C=O) groups is 1. The number of halogens is 1. The summed E-state index contributed by atoms with van der Waals surface area (Å²) in [7, 11) is 7.87. The van der Waals surface area contributed by atoms with Crippen molar-refractivity contribution < 1.29 is 28.5 Å². The highest BCUT2D eigenvalue weighted by molar-refractivity contribution is 7.10. The molecule has 4 aromatic rings. The average Bonchev–Trinajstić information content (AvgIpc) is 3.46. The molecule has 0 fully saturated rings. The SMILES string of the molecule is COc1ccc(CC(N)C(=O)Nc2cc(-c3cnsc3-c3cc(OC)c(OC)c(OC)c3)ccc2OC)cc1.Cl. The minimum atomic E-state index is -0.760. The molecule has 0 saturated carbocycles. The Morgan fingerprint density at radius 1 is 0.850 bits per heavy atom. The van der Waals surface area contributed by atoms with Crippen molar-refractivity contribution in [2.75, 3.05) is 40.9 Å². The van der Waals surface area contributed by atoms with Gasteiger partial charge in [-0.2, -0.15) is 4.37 Å². The first kappa shape index (κ1) is 30.6. The maximum absolute atomic E-state index is 13.0. The van der Waals surface area contributed by atoms with E-state index >= 15 is 0 Å². The zero-order valence-corrected chi connectivity index (χ0v) is 24.5. The normalized spacial score (nSPS) is 11.2. The second-order valence-corrected chi connectivity index (χ2v) is 9.35. The first-order chi connectivity index (χ1) is 18.9. The Kier molecular flexibility index (Phi) is 10.6. The maximum Gasteiger partial charge on any atom is 0.241 e. The highest BCUT2D eigenvalue weighted by Gasteiger charge is 2.20. The summed E-state index contributed by atoms with van der Waals surface area (Å²) in [5, 5.41) is 2.93. The van der Waals surface area contributed by atoms with E-state index in [0.717, 1.165) is 32.9 Å². The number of nitrogens with zero attached hydrogens (tertiary/aromatic N) is 1. The lowest BCUT2D eigenvalue weighted by Gasteiger charge is -2.16. The minimum Gasteiger partial charge on any atom is -0.497 e. The molecule has 3 aromatic carbocycles. The zero-order chi connectivity index (χ0) is 27.9. The minimum absolute atomic E-state index is 0. The van der Waals surface area contributed by atoms with Gasteiger partial charge in [-0.1, -0.05) is 18.2 Å². The average molecular weight is 586 g/mol. The summed E-state index contributed by atoms with van der Waals surface area (Å²) in [5.41, 5.74) is 10.2. The van der Waals surface area contributed by atoms with Crippen molar-refractivity contribution in [3.8, 4) is 50.3 Å². The molecule has 3 N–H and O–H groups in total. The van der Waals surface area contributed by atoms with Gasteiger partial charge in [0.2, 0.25) is 11.7 Å². The number of hydrogen-bond donors (Lipinski definition) is 2. The van der Waals surface area contributed by atoms with E-state index in [1.165, 1.54) is 11.5 Å². The lowest BCUT2D eigenvalue weighted by molar-refractivity contribution is -0.117. The second kappa shape index (κ2) is 13.9. The van der Waals surface area contributed by atoms with Crippen LogP contribution in [0.5, 0.6) is 28.7 Å². The predicted molar refractivity (Wildman–Crippen MR) is 160 cm³/mol. The molecule has 1 unspecified atom stereocenters. The van der Waals surface area contributed by atoms with Crippen LogP contribution >= 0.6 is 23.9 Å². The van der Waals surface area contributed by atoms with Crippen LogP contribution in [0.25, 0.3) is 21.6 Å². The number of rotatable bonds is 11. The molecule has 1 amide bonds. The highest BCUT2D eigenvalue weighted by atomic mass is 35.5. The van der Waals surface area contributed by atoms with Crippen molar-refractivity contribution >= 4 is 35.5 Å². The Morgan fingerprint density at radius 3 is 2.08 bits per heavy atom. The standard InChI is InChI=1S/C29H31N3O6S.ClH/c1-34-20-9-6-17(7-10-20)12-22(30)29(33)32-23-13-18(8-11-24(23)35-2)21-16-31-39-28(21)19-14-25(36-3)27(38-5)26(15-19)37-4;/h6-11,13-16,22H,12,30H2,1-5H3,(H,32,33);1H. The van der Waals surface area contributed by atoms with Gasteiger partial charge in [-0.15, -0.1) is 12.4 Å². The van der Waals surface area contributed by atoms with Crippen LogP contribution < -0.4 is 34.7 Å². The van der Waals surface area contributed by atoms with E-state index in [0.29, 0.717) is 35.1 Å². The van der Waals surface area contributed by atoms with E-state index in [1.54, 1.807) is 47.8 Å². The third-order valence-electron chi connectivity index (χ3n) is 6.22. The fourth-order valence-corrected chi connectivity index (χ4v) is 4.93. The molecule has 1 atom stereocenters. The van der Waals surface area contributed by atoms with Gasteiger partial charge in [0.05, 0.1) is 52.2 Å². The van der Waals surface area contributed by atoms with E-state index in [2.05, 4.69) is 9.69 Å². The molecule has 0 bridgehead atoms. The summed E-state index contributed by atoms with van der Waals surface area (Å²) in [6, 6.07) is 16.0. The number of nitrogens with two attached hydrogens (primary N) is 1. The number of ether oxygens (including phenoxy) is 5. The number of anilines is 1. The van der Waals surface area contributed by atoms with Gasteiger partial charge in [0.25, 0.3) is 0 Å². The summed E-state index contributed by atoms with van der Waals surface area (Å²) >= 11 is 1.34.